The molecular weight excluding hydrogens is 355 g/mol. The zero-order valence-corrected chi connectivity index (χ0v) is 14.7. The Morgan fingerprint density at radius 1 is 1.12 bits per heavy atom. The number of benzene rings is 2. The number of aryl methyl sites for hydroxylation is 1. The predicted molar refractivity (Wildman–Crippen MR) is 99.9 cm³/mol. The zero-order chi connectivity index (χ0) is 18.5. The van der Waals surface area contributed by atoms with Crippen LogP contribution in [0.1, 0.15) is 21.6 Å². The molecule has 0 aliphatic rings. The fourth-order valence-corrected chi connectivity index (χ4v) is 2.46. The summed E-state index contributed by atoms with van der Waals surface area (Å²) in [6, 6.07) is 14.9. The molecule has 1 heterocycles. The van der Waals surface area contributed by atoms with Gasteiger partial charge in [0.05, 0.1) is 0 Å². The molecule has 0 atom stereocenters. The molecule has 1 aromatic heterocycles. The second-order valence-electron chi connectivity index (χ2n) is 5.66. The van der Waals surface area contributed by atoms with E-state index in [1.807, 2.05) is 13.0 Å². The molecule has 3 rings (SSSR count). The van der Waals surface area contributed by atoms with Crippen LogP contribution in [0.3, 0.4) is 0 Å². The van der Waals surface area contributed by atoms with Crippen LogP contribution >= 0.6 is 11.6 Å². The van der Waals surface area contributed by atoms with Crippen molar-refractivity contribution in [3.05, 3.63) is 82.3 Å². The van der Waals surface area contributed by atoms with Gasteiger partial charge in [-0.25, -0.2) is 4.39 Å². The molecule has 0 fully saturated rings. The van der Waals surface area contributed by atoms with Crippen LogP contribution in [0.4, 0.5) is 15.9 Å². The Morgan fingerprint density at radius 3 is 2.65 bits per heavy atom. The topological polar surface area (TPSA) is 66.9 Å². The number of hydrogen-bond acceptors (Lipinski definition) is 4. The predicted octanol–water partition coefficient (Wildman–Crippen LogP) is 4.44. The fourth-order valence-electron chi connectivity index (χ4n) is 2.29. The minimum Gasteiger partial charge on any atom is -0.364 e. The summed E-state index contributed by atoms with van der Waals surface area (Å²) in [6.45, 7) is 2.14. The van der Waals surface area contributed by atoms with Crippen molar-refractivity contribution in [1.82, 2.24) is 10.2 Å². The SMILES string of the molecule is Cc1ccc(Cl)cc1NC(=O)c1ccc(NCc2ccccc2F)nn1. The van der Waals surface area contributed by atoms with Gasteiger partial charge in [-0.1, -0.05) is 35.9 Å². The maximum atomic E-state index is 13.6. The van der Waals surface area contributed by atoms with Gasteiger partial charge >= 0.3 is 0 Å². The third kappa shape index (κ3) is 4.34. The Morgan fingerprint density at radius 2 is 1.92 bits per heavy atom. The molecule has 1 amide bonds. The lowest BCUT2D eigenvalue weighted by molar-refractivity contribution is 0.102. The van der Waals surface area contributed by atoms with Crippen LogP contribution in [0.5, 0.6) is 0 Å². The molecule has 3 aromatic rings. The monoisotopic (exact) mass is 370 g/mol. The molecule has 0 unspecified atom stereocenters. The van der Waals surface area contributed by atoms with Gasteiger partial charge < -0.3 is 10.6 Å². The van der Waals surface area contributed by atoms with Crippen LogP contribution in [0.25, 0.3) is 0 Å². The van der Waals surface area contributed by atoms with Crippen molar-refractivity contribution in [3.8, 4) is 0 Å². The third-order valence-corrected chi connectivity index (χ3v) is 4.00. The van der Waals surface area contributed by atoms with Crippen molar-refractivity contribution in [2.24, 2.45) is 0 Å². The number of anilines is 2. The van der Waals surface area contributed by atoms with Crippen molar-refractivity contribution < 1.29 is 9.18 Å². The molecule has 0 bridgehead atoms. The Labute approximate surface area is 155 Å². The highest BCUT2D eigenvalue weighted by molar-refractivity contribution is 6.31. The zero-order valence-electron chi connectivity index (χ0n) is 14.0. The highest BCUT2D eigenvalue weighted by Crippen LogP contribution is 2.20. The normalized spacial score (nSPS) is 10.4. The fraction of sp³-hybridized carbons (Fsp3) is 0.105. The van der Waals surface area contributed by atoms with Crippen LogP contribution in [0, 0.1) is 12.7 Å². The van der Waals surface area contributed by atoms with E-state index in [2.05, 4.69) is 20.8 Å². The third-order valence-electron chi connectivity index (χ3n) is 3.76. The summed E-state index contributed by atoms with van der Waals surface area (Å²) in [5.41, 5.74) is 2.19. The van der Waals surface area contributed by atoms with Gasteiger partial charge in [0.25, 0.3) is 5.91 Å². The number of amides is 1. The lowest BCUT2D eigenvalue weighted by atomic mass is 10.2. The molecule has 0 radical (unpaired) electrons. The van der Waals surface area contributed by atoms with E-state index < -0.39 is 0 Å². The van der Waals surface area contributed by atoms with Crippen molar-refractivity contribution in [1.29, 1.82) is 0 Å². The van der Waals surface area contributed by atoms with Gasteiger partial charge in [-0.3, -0.25) is 4.79 Å². The number of nitrogens with zero attached hydrogens (tertiary/aromatic N) is 2. The van der Waals surface area contributed by atoms with Crippen LogP contribution in [-0.2, 0) is 6.54 Å². The van der Waals surface area contributed by atoms with E-state index in [9.17, 15) is 9.18 Å². The van der Waals surface area contributed by atoms with E-state index in [4.69, 9.17) is 11.6 Å². The Bertz CT molecular complexity index is 931. The Kier molecular flexibility index (Phi) is 5.43. The molecule has 0 spiro atoms. The van der Waals surface area contributed by atoms with Gasteiger partial charge in [0, 0.05) is 22.8 Å². The van der Waals surface area contributed by atoms with E-state index in [0.29, 0.717) is 22.1 Å². The van der Waals surface area contributed by atoms with E-state index >= 15 is 0 Å². The first-order valence-electron chi connectivity index (χ1n) is 7.91. The number of nitrogens with one attached hydrogen (secondary N) is 2. The maximum Gasteiger partial charge on any atom is 0.276 e. The molecule has 5 nitrogen and oxygen atoms in total. The molecule has 0 aliphatic carbocycles. The molecule has 2 aromatic carbocycles. The van der Waals surface area contributed by atoms with E-state index in [1.165, 1.54) is 6.07 Å². The molecule has 0 aliphatic heterocycles. The summed E-state index contributed by atoms with van der Waals surface area (Å²) >= 11 is 5.95. The van der Waals surface area contributed by atoms with Crippen molar-refractivity contribution in [2.75, 3.05) is 10.6 Å². The van der Waals surface area contributed by atoms with Crippen molar-refractivity contribution in [2.45, 2.75) is 13.5 Å². The number of rotatable bonds is 5. The number of hydrogen-bond donors (Lipinski definition) is 2. The van der Waals surface area contributed by atoms with E-state index in [1.54, 1.807) is 42.5 Å². The molecule has 132 valence electrons. The van der Waals surface area contributed by atoms with Gasteiger partial charge in [-0.2, -0.15) is 0 Å². The smallest absolute Gasteiger partial charge is 0.276 e. The number of carbonyl (C=O) groups is 1. The summed E-state index contributed by atoms with van der Waals surface area (Å²) < 4.78 is 13.6. The molecule has 0 saturated heterocycles. The summed E-state index contributed by atoms with van der Waals surface area (Å²) in [4.78, 5) is 12.3. The quantitative estimate of drug-likeness (QED) is 0.696. The second-order valence-corrected chi connectivity index (χ2v) is 6.10. The minimum atomic E-state index is -0.386. The summed E-state index contributed by atoms with van der Waals surface area (Å²) in [5.74, 6) is -0.229. The average Bonchev–Trinajstić information content (AvgIpc) is 2.64. The van der Waals surface area contributed by atoms with Gasteiger partial charge in [0.1, 0.15) is 11.6 Å². The summed E-state index contributed by atoms with van der Waals surface area (Å²) in [6.07, 6.45) is 0. The van der Waals surface area contributed by atoms with Crippen LogP contribution in [0.15, 0.2) is 54.6 Å². The largest absolute Gasteiger partial charge is 0.364 e. The van der Waals surface area contributed by atoms with E-state index in [0.717, 1.165) is 5.56 Å². The molecule has 26 heavy (non-hydrogen) atoms. The summed E-state index contributed by atoms with van der Waals surface area (Å²) in [7, 11) is 0. The molecular formula is C19H16ClFN4O. The highest BCUT2D eigenvalue weighted by atomic mass is 35.5. The standard InChI is InChI=1S/C19H16ClFN4O/c1-12-6-7-14(20)10-17(12)23-19(26)16-8-9-18(25-24-16)22-11-13-4-2-3-5-15(13)21/h2-10H,11H2,1H3,(H,22,25)(H,23,26). The first kappa shape index (κ1) is 17.8. The van der Waals surface area contributed by atoms with Gasteiger partial charge in [-0.05, 0) is 42.8 Å². The first-order valence-corrected chi connectivity index (χ1v) is 8.29. The summed E-state index contributed by atoms with van der Waals surface area (Å²) in [5, 5.41) is 14.1. The number of aromatic nitrogens is 2. The van der Waals surface area contributed by atoms with Crippen molar-refractivity contribution in [3.63, 3.8) is 0 Å². The molecule has 0 saturated carbocycles. The maximum absolute atomic E-state index is 13.6. The van der Waals surface area contributed by atoms with Crippen molar-refractivity contribution >= 4 is 29.0 Å². The van der Waals surface area contributed by atoms with Gasteiger partial charge in [0.15, 0.2) is 5.69 Å². The molecule has 7 heteroatoms. The first-order chi connectivity index (χ1) is 12.5. The molecule has 2 N–H and O–H groups in total. The number of carbonyl (C=O) groups excluding carboxylic acids is 1. The highest BCUT2D eigenvalue weighted by Gasteiger charge is 2.11. The van der Waals surface area contributed by atoms with Gasteiger partial charge in [-0.15, -0.1) is 10.2 Å². The Balaban J connectivity index is 1.64. The average molecular weight is 371 g/mol. The second kappa shape index (κ2) is 7.93. The van der Waals surface area contributed by atoms with Crippen LogP contribution in [-0.4, -0.2) is 16.1 Å². The van der Waals surface area contributed by atoms with Gasteiger partial charge in [0.2, 0.25) is 0 Å². The van der Waals surface area contributed by atoms with E-state index in [-0.39, 0.29) is 24.0 Å². The van der Waals surface area contributed by atoms with Crippen LogP contribution < -0.4 is 10.6 Å². The lowest BCUT2D eigenvalue weighted by Crippen LogP contribution is -2.15. The Hall–Kier alpha value is -2.99. The van der Waals surface area contributed by atoms with Crippen LogP contribution in [0.2, 0.25) is 5.02 Å². The number of halogens is 2. The lowest BCUT2D eigenvalue weighted by Gasteiger charge is -2.09. The minimum absolute atomic E-state index is 0.167.